The van der Waals surface area contributed by atoms with Crippen LogP contribution in [0.5, 0.6) is 0 Å². The first-order valence-electron chi connectivity index (χ1n) is 7.39. The van der Waals surface area contributed by atoms with Crippen LogP contribution in [0.4, 0.5) is 0 Å². The first-order valence-corrected chi connectivity index (χ1v) is 7.39. The molecule has 0 bridgehead atoms. The Labute approximate surface area is 115 Å². The Bertz CT molecular complexity index is 433. The third-order valence-corrected chi connectivity index (χ3v) is 4.06. The van der Waals surface area contributed by atoms with E-state index in [2.05, 4.69) is 23.3 Å². The van der Waals surface area contributed by atoms with E-state index in [0.717, 1.165) is 19.6 Å². The van der Waals surface area contributed by atoms with Gasteiger partial charge in [-0.25, -0.2) is 0 Å². The minimum absolute atomic E-state index is 0.321. The lowest BCUT2D eigenvalue weighted by atomic mass is 10.0. The number of fused-ring (bicyclic) bond motifs is 1. The van der Waals surface area contributed by atoms with Crippen molar-refractivity contribution in [1.29, 1.82) is 0 Å². The Morgan fingerprint density at radius 3 is 2.53 bits per heavy atom. The van der Waals surface area contributed by atoms with Crippen molar-refractivity contribution >= 4 is 5.91 Å². The molecule has 1 aliphatic heterocycles. The molecule has 0 aliphatic carbocycles. The Hall–Kier alpha value is -1.29. The molecule has 2 heterocycles. The Balaban J connectivity index is 2.11. The third-order valence-electron chi connectivity index (χ3n) is 4.06. The summed E-state index contributed by atoms with van der Waals surface area (Å²) in [5.74, 6) is -0.321. The molecule has 0 fully saturated rings. The van der Waals surface area contributed by atoms with E-state index in [9.17, 15) is 4.79 Å². The van der Waals surface area contributed by atoms with Gasteiger partial charge < -0.3 is 10.3 Å². The Morgan fingerprint density at radius 1 is 1.26 bits per heavy atom. The second-order valence-corrected chi connectivity index (χ2v) is 5.43. The predicted octanol–water partition coefficient (Wildman–Crippen LogP) is 2.37. The molecule has 1 aromatic heterocycles. The van der Waals surface area contributed by atoms with Crippen molar-refractivity contribution in [2.75, 3.05) is 6.54 Å². The molecule has 1 aromatic rings. The number of nitrogens with zero attached hydrogens (tertiary/aromatic N) is 2. The highest BCUT2D eigenvalue weighted by Crippen LogP contribution is 2.22. The lowest BCUT2D eigenvalue weighted by Gasteiger charge is -2.35. The molecule has 0 atom stereocenters. The maximum atomic E-state index is 11.3. The fourth-order valence-electron chi connectivity index (χ4n) is 3.13. The first-order chi connectivity index (χ1) is 9.17. The van der Waals surface area contributed by atoms with Crippen LogP contribution in [-0.2, 0) is 13.1 Å². The van der Waals surface area contributed by atoms with Crippen LogP contribution in [0.25, 0.3) is 0 Å². The fraction of sp³-hybridized carbons (Fsp3) is 0.667. The van der Waals surface area contributed by atoms with Crippen molar-refractivity contribution in [3.8, 4) is 0 Å². The van der Waals surface area contributed by atoms with E-state index in [4.69, 9.17) is 5.73 Å². The summed E-state index contributed by atoms with van der Waals surface area (Å²) < 4.78 is 2.08. The molecule has 0 radical (unpaired) electrons. The van der Waals surface area contributed by atoms with Crippen molar-refractivity contribution in [3.05, 3.63) is 23.5 Å². The molecule has 106 valence electrons. The van der Waals surface area contributed by atoms with Gasteiger partial charge in [-0.3, -0.25) is 9.69 Å². The monoisotopic (exact) mass is 263 g/mol. The van der Waals surface area contributed by atoms with Crippen LogP contribution in [0, 0.1) is 0 Å². The maximum Gasteiger partial charge on any atom is 0.265 e. The van der Waals surface area contributed by atoms with E-state index in [0.29, 0.717) is 11.7 Å². The lowest BCUT2D eigenvalue weighted by Crippen LogP contribution is -2.41. The summed E-state index contributed by atoms with van der Waals surface area (Å²) in [6, 6.07) is 4.58. The van der Waals surface area contributed by atoms with Crippen LogP contribution >= 0.6 is 0 Å². The minimum Gasteiger partial charge on any atom is -0.364 e. The van der Waals surface area contributed by atoms with Crippen molar-refractivity contribution in [2.45, 2.75) is 58.7 Å². The van der Waals surface area contributed by atoms with Crippen molar-refractivity contribution in [2.24, 2.45) is 5.73 Å². The van der Waals surface area contributed by atoms with E-state index in [-0.39, 0.29) is 5.91 Å². The summed E-state index contributed by atoms with van der Waals surface area (Å²) in [5.41, 5.74) is 7.27. The first kappa shape index (κ1) is 14.1. The van der Waals surface area contributed by atoms with Crippen molar-refractivity contribution in [1.82, 2.24) is 9.47 Å². The largest absolute Gasteiger partial charge is 0.364 e. The number of aromatic nitrogens is 1. The summed E-state index contributed by atoms with van der Waals surface area (Å²) in [7, 11) is 0. The van der Waals surface area contributed by atoms with Crippen LogP contribution < -0.4 is 5.73 Å². The van der Waals surface area contributed by atoms with Gasteiger partial charge in [0, 0.05) is 31.4 Å². The zero-order valence-electron chi connectivity index (χ0n) is 12.1. The SMILES string of the molecule is CCCC(CCC)N1CCn2c(ccc2C(N)=O)C1. The average Bonchev–Trinajstić information content (AvgIpc) is 2.81. The van der Waals surface area contributed by atoms with Crippen molar-refractivity contribution < 1.29 is 4.79 Å². The molecule has 0 aromatic carbocycles. The highest BCUT2D eigenvalue weighted by molar-refractivity contribution is 5.91. The number of carbonyl (C=O) groups is 1. The highest BCUT2D eigenvalue weighted by atomic mass is 16.1. The van der Waals surface area contributed by atoms with Crippen LogP contribution in [0.1, 0.15) is 55.7 Å². The molecule has 2 N–H and O–H groups in total. The number of hydrogen-bond acceptors (Lipinski definition) is 2. The number of carbonyl (C=O) groups excluding carboxylic acids is 1. The van der Waals surface area contributed by atoms with Gasteiger partial charge in [0.1, 0.15) is 5.69 Å². The number of primary amides is 1. The minimum atomic E-state index is -0.321. The summed E-state index contributed by atoms with van der Waals surface area (Å²) >= 11 is 0. The van der Waals surface area contributed by atoms with Crippen LogP contribution in [0.15, 0.2) is 12.1 Å². The molecule has 2 rings (SSSR count). The topological polar surface area (TPSA) is 51.3 Å². The van der Waals surface area contributed by atoms with Crippen LogP contribution in [0.3, 0.4) is 0 Å². The smallest absolute Gasteiger partial charge is 0.265 e. The molecule has 4 nitrogen and oxygen atoms in total. The second kappa shape index (κ2) is 6.24. The zero-order valence-corrected chi connectivity index (χ0v) is 12.1. The van der Waals surface area contributed by atoms with Gasteiger partial charge in [0.25, 0.3) is 5.91 Å². The van der Waals surface area contributed by atoms with Gasteiger partial charge >= 0.3 is 0 Å². The third kappa shape index (κ3) is 3.00. The highest BCUT2D eigenvalue weighted by Gasteiger charge is 2.24. The van der Waals surface area contributed by atoms with E-state index in [1.54, 1.807) is 0 Å². The molecule has 19 heavy (non-hydrogen) atoms. The number of rotatable bonds is 6. The summed E-state index contributed by atoms with van der Waals surface area (Å²) in [5, 5.41) is 0. The molecule has 0 saturated heterocycles. The average molecular weight is 263 g/mol. The molecule has 4 heteroatoms. The van der Waals surface area contributed by atoms with E-state index < -0.39 is 0 Å². The summed E-state index contributed by atoms with van der Waals surface area (Å²) in [4.78, 5) is 13.9. The van der Waals surface area contributed by atoms with Gasteiger partial charge in [-0.05, 0) is 25.0 Å². The van der Waals surface area contributed by atoms with Crippen LogP contribution in [-0.4, -0.2) is 28.0 Å². The van der Waals surface area contributed by atoms with Gasteiger partial charge in [-0.1, -0.05) is 26.7 Å². The van der Waals surface area contributed by atoms with Gasteiger partial charge in [0.05, 0.1) is 0 Å². The van der Waals surface area contributed by atoms with Crippen LogP contribution in [0.2, 0.25) is 0 Å². The van der Waals surface area contributed by atoms with Gasteiger partial charge in [0.2, 0.25) is 0 Å². The van der Waals surface area contributed by atoms with E-state index in [1.807, 2.05) is 12.1 Å². The molecular formula is C15H25N3O. The molecule has 1 aliphatic rings. The predicted molar refractivity (Wildman–Crippen MR) is 77.0 cm³/mol. The summed E-state index contributed by atoms with van der Waals surface area (Å²) in [6.07, 6.45) is 4.98. The molecular weight excluding hydrogens is 238 g/mol. The van der Waals surface area contributed by atoms with Crippen molar-refractivity contribution in [3.63, 3.8) is 0 Å². The number of hydrogen-bond donors (Lipinski definition) is 1. The standard InChI is InChI=1S/C15H25N3O/c1-3-5-12(6-4-2)17-9-10-18-13(11-17)7-8-14(18)15(16)19/h7-8,12H,3-6,9-11H2,1-2H3,(H2,16,19). The number of amides is 1. The molecule has 0 unspecified atom stereocenters. The molecule has 1 amide bonds. The van der Waals surface area contributed by atoms with Gasteiger partial charge in [-0.2, -0.15) is 0 Å². The quantitative estimate of drug-likeness (QED) is 0.856. The maximum absolute atomic E-state index is 11.3. The normalized spacial score (nSPS) is 15.7. The molecule has 0 spiro atoms. The Kier molecular flexibility index (Phi) is 4.64. The van der Waals surface area contributed by atoms with Gasteiger partial charge in [0.15, 0.2) is 0 Å². The second-order valence-electron chi connectivity index (χ2n) is 5.43. The Morgan fingerprint density at radius 2 is 1.95 bits per heavy atom. The molecule has 0 saturated carbocycles. The zero-order chi connectivity index (χ0) is 13.8. The van der Waals surface area contributed by atoms with Gasteiger partial charge in [-0.15, -0.1) is 0 Å². The summed E-state index contributed by atoms with van der Waals surface area (Å²) in [6.45, 7) is 7.34. The fourth-order valence-corrected chi connectivity index (χ4v) is 3.13. The lowest BCUT2D eigenvalue weighted by molar-refractivity contribution is 0.0980. The van der Waals surface area contributed by atoms with E-state index in [1.165, 1.54) is 31.4 Å². The van der Waals surface area contributed by atoms with E-state index >= 15 is 0 Å². The number of nitrogens with two attached hydrogens (primary N) is 1.